The highest BCUT2D eigenvalue weighted by Crippen LogP contribution is 2.31. The van der Waals surface area contributed by atoms with Crippen LogP contribution < -0.4 is 4.90 Å². The number of piperidine rings is 2. The summed E-state index contributed by atoms with van der Waals surface area (Å²) in [5, 5.41) is 0.786. The van der Waals surface area contributed by atoms with Crippen molar-refractivity contribution >= 4 is 29.5 Å². The van der Waals surface area contributed by atoms with Crippen molar-refractivity contribution in [1.29, 1.82) is 0 Å². The summed E-state index contributed by atoms with van der Waals surface area (Å²) in [6.07, 6.45) is 4.66. The molecular formula is C24H27ClN2O2. The maximum Gasteiger partial charge on any atom is 0.225 e. The van der Waals surface area contributed by atoms with E-state index in [0.717, 1.165) is 68.9 Å². The van der Waals surface area contributed by atoms with E-state index < -0.39 is 0 Å². The Kier molecular flexibility index (Phi) is 6.19. The van der Waals surface area contributed by atoms with Crippen LogP contribution in [0, 0.1) is 5.92 Å². The fourth-order valence-electron chi connectivity index (χ4n) is 4.60. The van der Waals surface area contributed by atoms with E-state index in [9.17, 15) is 9.59 Å². The lowest BCUT2D eigenvalue weighted by atomic mass is 9.88. The van der Waals surface area contributed by atoms with Crippen molar-refractivity contribution in [3.05, 3.63) is 64.7 Å². The van der Waals surface area contributed by atoms with E-state index in [1.165, 1.54) is 5.56 Å². The van der Waals surface area contributed by atoms with E-state index in [1.54, 1.807) is 0 Å². The molecule has 0 atom stereocenters. The van der Waals surface area contributed by atoms with Gasteiger partial charge in [-0.15, -0.1) is 0 Å². The standard InChI is InChI=1S/C24H27ClN2O2/c25-22-3-1-2-21(16-22)19-8-14-27(15-9-19)24(29)20-10-12-26(13-11-20)23-6-4-18(17-28)5-7-23/h1-7,16-17,19-20H,8-15H2. The first-order valence-corrected chi connectivity index (χ1v) is 10.9. The van der Waals surface area contributed by atoms with Crippen LogP contribution in [0.5, 0.6) is 0 Å². The summed E-state index contributed by atoms with van der Waals surface area (Å²) < 4.78 is 0. The summed E-state index contributed by atoms with van der Waals surface area (Å²) in [6, 6.07) is 15.8. The molecule has 0 unspecified atom stereocenters. The van der Waals surface area contributed by atoms with Crippen LogP contribution in [-0.2, 0) is 4.79 Å². The lowest BCUT2D eigenvalue weighted by molar-refractivity contribution is -0.137. The molecule has 0 aliphatic carbocycles. The topological polar surface area (TPSA) is 40.6 Å². The lowest BCUT2D eigenvalue weighted by Crippen LogP contribution is -2.45. The monoisotopic (exact) mass is 410 g/mol. The first-order chi connectivity index (χ1) is 14.1. The molecule has 2 aromatic rings. The normalized spacial score (nSPS) is 18.7. The van der Waals surface area contributed by atoms with Crippen LogP contribution in [-0.4, -0.2) is 43.3 Å². The second kappa shape index (κ2) is 9.00. The summed E-state index contributed by atoms with van der Waals surface area (Å²) in [6.45, 7) is 3.44. The zero-order valence-corrected chi connectivity index (χ0v) is 17.4. The van der Waals surface area contributed by atoms with Crippen molar-refractivity contribution in [2.45, 2.75) is 31.6 Å². The third-order valence-electron chi connectivity index (χ3n) is 6.37. The molecule has 2 saturated heterocycles. The number of hydrogen-bond donors (Lipinski definition) is 0. The Hall–Kier alpha value is -2.33. The Balaban J connectivity index is 1.28. The number of anilines is 1. The molecule has 2 aliphatic heterocycles. The van der Waals surface area contributed by atoms with E-state index in [-0.39, 0.29) is 5.92 Å². The lowest BCUT2D eigenvalue weighted by Gasteiger charge is -2.38. The van der Waals surface area contributed by atoms with Gasteiger partial charge in [-0.25, -0.2) is 0 Å². The molecule has 0 saturated carbocycles. The minimum atomic E-state index is 0.128. The minimum absolute atomic E-state index is 0.128. The van der Waals surface area contributed by atoms with Gasteiger partial charge in [-0.3, -0.25) is 9.59 Å². The van der Waals surface area contributed by atoms with Crippen LogP contribution in [0.3, 0.4) is 0 Å². The highest BCUT2D eigenvalue weighted by atomic mass is 35.5. The fraction of sp³-hybridized carbons (Fsp3) is 0.417. The zero-order valence-electron chi connectivity index (χ0n) is 16.6. The van der Waals surface area contributed by atoms with Crippen LogP contribution in [0.15, 0.2) is 48.5 Å². The number of rotatable bonds is 4. The summed E-state index contributed by atoms with van der Waals surface area (Å²) >= 11 is 6.13. The van der Waals surface area contributed by atoms with Gasteiger partial charge in [-0.2, -0.15) is 0 Å². The predicted octanol–water partition coefficient (Wildman–Crippen LogP) is 4.78. The van der Waals surface area contributed by atoms with Crippen molar-refractivity contribution in [2.75, 3.05) is 31.1 Å². The summed E-state index contributed by atoms with van der Waals surface area (Å²) in [5.74, 6) is 0.947. The van der Waals surface area contributed by atoms with Gasteiger partial charge in [0.1, 0.15) is 6.29 Å². The van der Waals surface area contributed by atoms with Gasteiger partial charge >= 0.3 is 0 Å². The summed E-state index contributed by atoms with van der Waals surface area (Å²) in [5.41, 5.74) is 3.11. The van der Waals surface area contributed by atoms with Crippen molar-refractivity contribution in [2.24, 2.45) is 5.92 Å². The van der Waals surface area contributed by atoms with Gasteiger partial charge < -0.3 is 9.80 Å². The molecule has 2 fully saturated rings. The molecule has 4 rings (SSSR count). The SMILES string of the molecule is O=Cc1ccc(N2CCC(C(=O)N3CCC(c4cccc(Cl)c4)CC3)CC2)cc1. The number of aldehydes is 1. The Labute approximate surface area is 177 Å². The second-order valence-electron chi connectivity index (χ2n) is 8.13. The first kappa shape index (κ1) is 20.0. The molecule has 4 nitrogen and oxygen atoms in total. The number of amides is 1. The average molecular weight is 411 g/mol. The van der Waals surface area contributed by atoms with Gasteiger partial charge in [-0.05, 0) is 73.6 Å². The Morgan fingerprint density at radius 1 is 0.931 bits per heavy atom. The summed E-state index contributed by atoms with van der Waals surface area (Å²) in [7, 11) is 0. The first-order valence-electron chi connectivity index (χ1n) is 10.5. The molecule has 2 aliphatic rings. The quantitative estimate of drug-likeness (QED) is 0.681. The molecule has 0 aromatic heterocycles. The summed E-state index contributed by atoms with van der Waals surface area (Å²) in [4.78, 5) is 28.2. The van der Waals surface area contributed by atoms with Gasteiger partial charge in [0.2, 0.25) is 5.91 Å². The number of halogens is 1. The van der Waals surface area contributed by atoms with Crippen molar-refractivity contribution in [3.63, 3.8) is 0 Å². The number of benzene rings is 2. The molecule has 0 spiro atoms. The van der Waals surface area contributed by atoms with Crippen LogP contribution in [0.25, 0.3) is 0 Å². The number of likely N-dealkylation sites (tertiary alicyclic amines) is 1. The number of carbonyl (C=O) groups excluding carboxylic acids is 2. The second-order valence-corrected chi connectivity index (χ2v) is 8.56. The molecule has 2 heterocycles. The smallest absolute Gasteiger partial charge is 0.225 e. The van der Waals surface area contributed by atoms with Crippen molar-refractivity contribution in [3.8, 4) is 0 Å². The Morgan fingerprint density at radius 2 is 1.62 bits per heavy atom. The minimum Gasteiger partial charge on any atom is -0.371 e. The maximum atomic E-state index is 13.0. The Bertz CT molecular complexity index is 851. The van der Waals surface area contributed by atoms with E-state index in [4.69, 9.17) is 11.6 Å². The third-order valence-corrected chi connectivity index (χ3v) is 6.60. The van der Waals surface area contributed by atoms with Crippen LogP contribution >= 0.6 is 11.6 Å². The molecule has 2 aromatic carbocycles. The van der Waals surface area contributed by atoms with E-state index in [0.29, 0.717) is 17.4 Å². The molecule has 0 N–H and O–H groups in total. The third kappa shape index (κ3) is 4.64. The van der Waals surface area contributed by atoms with E-state index >= 15 is 0 Å². The molecule has 0 bridgehead atoms. The molecular weight excluding hydrogens is 384 g/mol. The van der Waals surface area contributed by atoms with Crippen molar-refractivity contribution in [1.82, 2.24) is 4.90 Å². The highest BCUT2D eigenvalue weighted by molar-refractivity contribution is 6.30. The largest absolute Gasteiger partial charge is 0.371 e. The molecule has 152 valence electrons. The van der Waals surface area contributed by atoms with Gasteiger partial charge in [0, 0.05) is 48.4 Å². The maximum absolute atomic E-state index is 13.0. The number of hydrogen-bond acceptors (Lipinski definition) is 3. The van der Waals surface area contributed by atoms with Crippen LogP contribution in [0.4, 0.5) is 5.69 Å². The zero-order chi connectivity index (χ0) is 20.2. The Morgan fingerprint density at radius 3 is 2.24 bits per heavy atom. The molecule has 5 heteroatoms. The average Bonchev–Trinajstić information content (AvgIpc) is 2.79. The molecule has 29 heavy (non-hydrogen) atoms. The van der Waals surface area contributed by atoms with Gasteiger partial charge in [0.05, 0.1) is 0 Å². The number of nitrogens with zero attached hydrogens (tertiary/aromatic N) is 2. The van der Waals surface area contributed by atoms with E-state index in [2.05, 4.69) is 21.9 Å². The molecule has 0 radical (unpaired) electrons. The van der Waals surface area contributed by atoms with Crippen LogP contribution in [0.2, 0.25) is 5.02 Å². The van der Waals surface area contributed by atoms with Crippen LogP contribution in [0.1, 0.15) is 47.5 Å². The number of carbonyl (C=O) groups is 2. The fourth-order valence-corrected chi connectivity index (χ4v) is 4.80. The van der Waals surface area contributed by atoms with Gasteiger partial charge in [0.15, 0.2) is 0 Å². The van der Waals surface area contributed by atoms with Gasteiger partial charge in [0.25, 0.3) is 0 Å². The van der Waals surface area contributed by atoms with Crippen molar-refractivity contribution < 1.29 is 9.59 Å². The van der Waals surface area contributed by atoms with E-state index in [1.807, 2.05) is 36.4 Å². The van der Waals surface area contributed by atoms with Gasteiger partial charge in [-0.1, -0.05) is 23.7 Å². The highest BCUT2D eigenvalue weighted by Gasteiger charge is 2.31. The predicted molar refractivity (Wildman–Crippen MR) is 117 cm³/mol. The molecule has 1 amide bonds.